The number of carbonyl (C=O) groups is 1. The van der Waals surface area contributed by atoms with Gasteiger partial charge in [0, 0.05) is 12.6 Å². The molecule has 3 nitrogen and oxygen atoms in total. The van der Waals surface area contributed by atoms with Gasteiger partial charge >= 0.3 is 0 Å². The van der Waals surface area contributed by atoms with Crippen molar-refractivity contribution in [2.24, 2.45) is 0 Å². The van der Waals surface area contributed by atoms with Gasteiger partial charge in [-0.2, -0.15) is 0 Å². The highest BCUT2D eigenvalue weighted by Gasteiger charge is 2.23. The molecule has 0 fully saturated rings. The summed E-state index contributed by atoms with van der Waals surface area (Å²) in [7, 11) is 1.60. The standard InChI is InChI=1S/C17H18FNO2/c1-11-8-9-14(15(18)10-11)17(21)19(3)12(2)13-6-4-5-7-16(13)20/h4-10,12,20H,1-3H3. The van der Waals surface area contributed by atoms with Crippen LogP contribution in [0.15, 0.2) is 42.5 Å². The molecule has 4 heteroatoms. The highest BCUT2D eigenvalue weighted by molar-refractivity contribution is 5.94. The maximum atomic E-state index is 13.9. The van der Waals surface area contributed by atoms with E-state index in [2.05, 4.69) is 0 Å². The molecule has 0 spiro atoms. The molecule has 2 aromatic rings. The van der Waals surface area contributed by atoms with Gasteiger partial charge < -0.3 is 10.0 Å². The molecule has 1 unspecified atom stereocenters. The lowest BCUT2D eigenvalue weighted by Crippen LogP contribution is -2.30. The van der Waals surface area contributed by atoms with Crippen LogP contribution >= 0.6 is 0 Å². The summed E-state index contributed by atoms with van der Waals surface area (Å²) in [5, 5.41) is 9.86. The zero-order valence-corrected chi connectivity index (χ0v) is 12.3. The average Bonchev–Trinajstić information content (AvgIpc) is 2.45. The second kappa shape index (κ2) is 5.95. The number of aromatic hydroxyl groups is 1. The Bertz CT molecular complexity index is 670. The van der Waals surface area contributed by atoms with Gasteiger partial charge in [-0.05, 0) is 37.6 Å². The van der Waals surface area contributed by atoms with E-state index >= 15 is 0 Å². The monoisotopic (exact) mass is 287 g/mol. The molecule has 2 aromatic carbocycles. The lowest BCUT2D eigenvalue weighted by molar-refractivity contribution is 0.0736. The van der Waals surface area contributed by atoms with Gasteiger partial charge in [0.2, 0.25) is 0 Å². The van der Waals surface area contributed by atoms with E-state index in [1.165, 1.54) is 17.0 Å². The van der Waals surface area contributed by atoms with Crippen molar-refractivity contribution < 1.29 is 14.3 Å². The van der Waals surface area contributed by atoms with Crippen LogP contribution in [0.4, 0.5) is 4.39 Å². The number of para-hydroxylation sites is 1. The molecule has 1 atom stereocenters. The third kappa shape index (κ3) is 3.05. The molecule has 0 aliphatic rings. The van der Waals surface area contributed by atoms with Crippen LogP contribution in [0.1, 0.15) is 34.5 Å². The van der Waals surface area contributed by atoms with Gasteiger partial charge in [0.1, 0.15) is 11.6 Å². The number of halogens is 1. The normalized spacial score (nSPS) is 12.0. The third-order valence-electron chi connectivity index (χ3n) is 3.64. The molecule has 0 saturated carbocycles. The molecule has 0 aromatic heterocycles. The molecule has 2 rings (SSSR count). The Morgan fingerprint density at radius 1 is 1.24 bits per heavy atom. The van der Waals surface area contributed by atoms with Crippen LogP contribution in [0.25, 0.3) is 0 Å². The number of rotatable bonds is 3. The Morgan fingerprint density at radius 2 is 1.90 bits per heavy atom. The van der Waals surface area contributed by atoms with E-state index in [4.69, 9.17) is 0 Å². The Morgan fingerprint density at radius 3 is 2.52 bits per heavy atom. The minimum Gasteiger partial charge on any atom is -0.508 e. The van der Waals surface area contributed by atoms with E-state index in [0.29, 0.717) is 5.56 Å². The van der Waals surface area contributed by atoms with E-state index in [1.54, 1.807) is 51.2 Å². The lowest BCUT2D eigenvalue weighted by Gasteiger charge is -2.26. The first-order valence-corrected chi connectivity index (χ1v) is 6.73. The van der Waals surface area contributed by atoms with E-state index in [9.17, 15) is 14.3 Å². The quantitative estimate of drug-likeness (QED) is 0.935. The van der Waals surface area contributed by atoms with Crippen LogP contribution in [0.3, 0.4) is 0 Å². The molecule has 0 aliphatic carbocycles. The smallest absolute Gasteiger partial charge is 0.257 e. The maximum Gasteiger partial charge on any atom is 0.257 e. The molecule has 0 saturated heterocycles. The zero-order valence-electron chi connectivity index (χ0n) is 12.3. The van der Waals surface area contributed by atoms with Crippen LogP contribution < -0.4 is 0 Å². The predicted molar refractivity (Wildman–Crippen MR) is 79.8 cm³/mol. The summed E-state index contributed by atoms with van der Waals surface area (Å²) in [6, 6.07) is 11.0. The molecule has 1 N–H and O–H groups in total. The van der Waals surface area contributed by atoms with Gasteiger partial charge in [-0.25, -0.2) is 4.39 Å². The summed E-state index contributed by atoms with van der Waals surface area (Å²) in [5.74, 6) is -0.825. The summed E-state index contributed by atoms with van der Waals surface area (Å²) >= 11 is 0. The molecular formula is C17H18FNO2. The number of hydrogen-bond donors (Lipinski definition) is 1. The van der Waals surface area contributed by atoms with Crippen molar-refractivity contribution in [1.82, 2.24) is 4.90 Å². The van der Waals surface area contributed by atoms with Crippen LogP contribution in [0.2, 0.25) is 0 Å². The number of nitrogens with zero attached hydrogens (tertiary/aromatic N) is 1. The van der Waals surface area contributed by atoms with Gasteiger partial charge in [-0.1, -0.05) is 24.3 Å². The minimum absolute atomic E-state index is 0.0328. The highest BCUT2D eigenvalue weighted by atomic mass is 19.1. The van der Waals surface area contributed by atoms with Crippen LogP contribution in [-0.4, -0.2) is 23.0 Å². The van der Waals surface area contributed by atoms with Gasteiger partial charge in [0.05, 0.1) is 11.6 Å². The highest BCUT2D eigenvalue weighted by Crippen LogP contribution is 2.28. The molecule has 0 aliphatic heterocycles. The fourth-order valence-electron chi connectivity index (χ4n) is 2.21. The molecule has 1 amide bonds. The SMILES string of the molecule is Cc1ccc(C(=O)N(C)C(C)c2ccccc2O)c(F)c1. The van der Waals surface area contributed by atoms with Crippen LogP contribution in [0.5, 0.6) is 5.75 Å². The summed E-state index contributed by atoms with van der Waals surface area (Å²) in [6.07, 6.45) is 0. The number of hydrogen-bond acceptors (Lipinski definition) is 2. The largest absolute Gasteiger partial charge is 0.508 e. The second-order valence-electron chi connectivity index (χ2n) is 5.13. The zero-order chi connectivity index (χ0) is 15.6. The van der Waals surface area contributed by atoms with Crippen molar-refractivity contribution in [3.05, 3.63) is 65.0 Å². The van der Waals surface area contributed by atoms with Crippen molar-refractivity contribution in [1.29, 1.82) is 0 Å². The van der Waals surface area contributed by atoms with Gasteiger partial charge in [0.15, 0.2) is 0 Å². The molecule has 0 radical (unpaired) electrons. The van der Waals surface area contributed by atoms with Crippen LogP contribution in [0, 0.1) is 12.7 Å². The predicted octanol–water partition coefficient (Wildman–Crippen LogP) is 3.67. The van der Waals surface area contributed by atoms with Crippen molar-refractivity contribution in [3.8, 4) is 5.75 Å². The molecule has 0 bridgehead atoms. The summed E-state index contributed by atoms with van der Waals surface area (Å²) in [5.41, 5.74) is 1.42. The number of benzene rings is 2. The first-order valence-electron chi connectivity index (χ1n) is 6.73. The van der Waals surface area contributed by atoms with Crippen LogP contribution in [-0.2, 0) is 0 Å². The average molecular weight is 287 g/mol. The van der Waals surface area contributed by atoms with E-state index in [0.717, 1.165) is 5.56 Å². The Labute approximate surface area is 123 Å². The molecular weight excluding hydrogens is 269 g/mol. The molecule has 21 heavy (non-hydrogen) atoms. The Balaban J connectivity index is 2.29. The van der Waals surface area contributed by atoms with Crippen molar-refractivity contribution in [3.63, 3.8) is 0 Å². The number of phenols is 1. The Hall–Kier alpha value is -2.36. The summed E-state index contributed by atoms with van der Waals surface area (Å²) in [6.45, 7) is 3.56. The van der Waals surface area contributed by atoms with E-state index in [1.807, 2.05) is 0 Å². The minimum atomic E-state index is -0.531. The number of phenolic OH excluding ortho intramolecular Hbond substituents is 1. The first kappa shape index (κ1) is 15.0. The number of aryl methyl sites for hydroxylation is 1. The topological polar surface area (TPSA) is 40.5 Å². The van der Waals surface area contributed by atoms with Gasteiger partial charge in [-0.15, -0.1) is 0 Å². The number of amides is 1. The third-order valence-corrected chi connectivity index (χ3v) is 3.64. The fraction of sp³-hybridized carbons (Fsp3) is 0.235. The summed E-state index contributed by atoms with van der Waals surface area (Å²) < 4.78 is 13.9. The van der Waals surface area contributed by atoms with Gasteiger partial charge in [0.25, 0.3) is 5.91 Å². The summed E-state index contributed by atoms with van der Waals surface area (Å²) in [4.78, 5) is 13.8. The number of carbonyl (C=O) groups excluding carboxylic acids is 1. The second-order valence-corrected chi connectivity index (χ2v) is 5.13. The Kier molecular flexibility index (Phi) is 4.26. The van der Waals surface area contributed by atoms with E-state index in [-0.39, 0.29) is 17.4 Å². The lowest BCUT2D eigenvalue weighted by atomic mass is 10.0. The molecule has 0 heterocycles. The molecule has 110 valence electrons. The van der Waals surface area contributed by atoms with E-state index < -0.39 is 11.7 Å². The first-order chi connectivity index (χ1) is 9.91. The van der Waals surface area contributed by atoms with Gasteiger partial charge in [-0.3, -0.25) is 4.79 Å². The maximum absolute atomic E-state index is 13.9. The van der Waals surface area contributed by atoms with Crippen molar-refractivity contribution >= 4 is 5.91 Å². The fourth-order valence-corrected chi connectivity index (χ4v) is 2.21. The van der Waals surface area contributed by atoms with Crippen molar-refractivity contribution in [2.75, 3.05) is 7.05 Å². The van der Waals surface area contributed by atoms with Crippen molar-refractivity contribution in [2.45, 2.75) is 19.9 Å².